The van der Waals surface area contributed by atoms with E-state index in [1.54, 1.807) is 0 Å². The maximum atomic E-state index is 3.72. The van der Waals surface area contributed by atoms with E-state index in [2.05, 4.69) is 37.8 Å². The molecule has 0 unspecified atom stereocenters. The van der Waals surface area contributed by atoms with Gasteiger partial charge in [-0.1, -0.05) is 30.3 Å². The van der Waals surface area contributed by atoms with Crippen LogP contribution >= 0.6 is 0 Å². The van der Waals surface area contributed by atoms with Crippen LogP contribution in [0.15, 0.2) is 24.8 Å². The van der Waals surface area contributed by atoms with E-state index >= 15 is 0 Å². The first-order valence-electron chi connectivity index (χ1n) is 4.45. The SMILES string of the molecule is C=[C]c1cc(C)ccc1C1CC1. The summed E-state index contributed by atoms with van der Waals surface area (Å²) in [5, 5.41) is 0. The van der Waals surface area contributed by atoms with E-state index in [0.29, 0.717) is 0 Å². The molecule has 12 heavy (non-hydrogen) atoms. The van der Waals surface area contributed by atoms with Gasteiger partial charge in [0.05, 0.1) is 0 Å². The van der Waals surface area contributed by atoms with Crippen LogP contribution in [0.2, 0.25) is 0 Å². The Balaban J connectivity index is 2.44. The molecule has 0 amide bonds. The molecular formula is C12H13. The molecule has 1 radical (unpaired) electrons. The molecule has 61 valence electrons. The first-order valence-corrected chi connectivity index (χ1v) is 4.45. The summed E-state index contributed by atoms with van der Waals surface area (Å²) in [5.41, 5.74) is 3.94. The summed E-state index contributed by atoms with van der Waals surface area (Å²) in [6, 6.07) is 6.57. The first-order chi connectivity index (χ1) is 5.81. The number of hydrogen-bond donors (Lipinski definition) is 0. The lowest BCUT2D eigenvalue weighted by atomic mass is 10.0. The molecule has 1 saturated carbocycles. The van der Waals surface area contributed by atoms with E-state index in [-0.39, 0.29) is 0 Å². The van der Waals surface area contributed by atoms with Crippen molar-refractivity contribution in [3.8, 4) is 0 Å². The van der Waals surface area contributed by atoms with E-state index in [1.165, 1.54) is 29.5 Å². The number of rotatable bonds is 2. The van der Waals surface area contributed by atoms with Crippen LogP contribution in [0, 0.1) is 13.0 Å². The molecule has 0 aromatic heterocycles. The Hall–Kier alpha value is -1.04. The van der Waals surface area contributed by atoms with E-state index < -0.39 is 0 Å². The molecule has 0 saturated heterocycles. The Kier molecular flexibility index (Phi) is 1.76. The minimum absolute atomic E-state index is 0.801. The highest BCUT2D eigenvalue weighted by Gasteiger charge is 2.24. The lowest BCUT2D eigenvalue weighted by Gasteiger charge is -2.04. The van der Waals surface area contributed by atoms with Crippen molar-refractivity contribution < 1.29 is 0 Å². The minimum atomic E-state index is 0.801. The summed E-state index contributed by atoms with van der Waals surface area (Å²) in [5.74, 6) is 0.801. The molecule has 0 N–H and O–H groups in total. The Bertz CT molecular complexity index is 306. The van der Waals surface area contributed by atoms with Crippen LogP contribution in [-0.2, 0) is 0 Å². The minimum Gasteiger partial charge on any atom is -0.0905 e. The predicted octanol–water partition coefficient (Wildman–Crippen LogP) is 3.21. The predicted molar refractivity (Wildman–Crippen MR) is 51.1 cm³/mol. The van der Waals surface area contributed by atoms with Crippen LogP contribution in [-0.4, -0.2) is 0 Å². The van der Waals surface area contributed by atoms with Crippen molar-refractivity contribution in [1.82, 2.24) is 0 Å². The third-order valence-electron chi connectivity index (χ3n) is 2.42. The second kappa shape index (κ2) is 2.78. The number of hydrogen-bond acceptors (Lipinski definition) is 0. The molecule has 0 bridgehead atoms. The van der Waals surface area contributed by atoms with Gasteiger partial charge in [-0.05, 0) is 42.9 Å². The zero-order valence-electron chi connectivity index (χ0n) is 7.43. The van der Waals surface area contributed by atoms with E-state index in [9.17, 15) is 0 Å². The molecular weight excluding hydrogens is 144 g/mol. The third kappa shape index (κ3) is 1.29. The fourth-order valence-electron chi connectivity index (χ4n) is 1.57. The van der Waals surface area contributed by atoms with Crippen LogP contribution in [0.5, 0.6) is 0 Å². The fourth-order valence-corrected chi connectivity index (χ4v) is 1.57. The van der Waals surface area contributed by atoms with Gasteiger partial charge in [-0.15, -0.1) is 0 Å². The molecule has 1 aromatic carbocycles. The van der Waals surface area contributed by atoms with E-state index in [0.717, 1.165) is 5.92 Å². The van der Waals surface area contributed by atoms with E-state index in [1.807, 2.05) is 0 Å². The zero-order valence-corrected chi connectivity index (χ0v) is 7.43. The second-order valence-electron chi connectivity index (χ2n) is 3.54. The molecule has 0 aliphatic heterocycles. The van der Waals surface area contributed by atoms with Crippen molar-refractivity contribution in [3.05, 3.63) is 47.5 Å². The Labute approximate surface area is 73.9 Å². The number of benzene rings is 1. The molecule has 1 aromatic rings. The second-order valence-corrected chi connectivity index (χ2v) is 3.54. The van der Waals surface area contributed by atoms with Crippen LogP contribution in [0.25, 0.3) is 0 Å². The van der Waals surface area contributed by atoms with E-state index in [4.69, 9.17) is 0 Å². The van der Waals surface area contributed by atoms with Crippen molar-refractivity contribution in [2.24, 2.45) is 0 Å². The average Bonchev–Trinajstić information content (AvgIpc) is 2.87. The zero-order chi connectivity index (χ0) is 8.55. The van der Waals surface area contributed by atoms with Gasteiger partial charge in [0.1, 0.15) is 0 Å². The van der Waals surface area contributed by atoms with Crippen molar-refractivity contribution in [2.75, 3.05) is 0 Å². The molecule has 0 spiro atoms. The molecule has 2 rings (SSSR count). The normalized spacial score (nSPS) is 16.1. The fraction of sp³-hybridized carbons (Fsp3) is 0.333. The topological polar surface area (TPSA) is 0 Å². The summed E-state index contributed by atoms with van der Waals surface area (Å²) >= 11 is 0. The summed E-state index contributed by atoms with van der Waals surface area (Å²) in [6.45, 7) is 5.83. The highest BCUT2D eigenvalue weighted by molar-refractivity contribution is 5.39. The smallest absolute Gasteiger partial charge is 0.0146 e. The highest BCUT2D eigenvalue weighted by Crippen LogP contribution is 2.41. The van der Waals surface area contributed by atoms with Gasteiger partial charge in [0.15, 0.2) is 0 Å². The maximum Gasteiger partial charge on any atom is -0.0146 e. The molecule has 1 aliphatic rings. The van der Waals surface area contributed by atoms with Crippen molar-refractivity contribution in [3.63, 3.8) is 0 Å². The first kappa shape index (κ1) is 7.60. The Morgan fingerprint density at radius 3 is 2.75 bits per heavy atom. The van der Waals surface area contributed by atoms with Gasteiger partial charge in [-0.2, -0.15) is 0 Å². The lowest BCUT2D eigenvalue weighted by Crippen LogP contribution is -1.87. The van der Waals surface area contributed by atoms with Crippen LogP contribution < -0.4 is 0 Å². The van der Waals surface area contributed by atoms with Gasteiger partial charge in [-0.3, -0.25) is 0 Å². The standard InChI is InChI=1S/C12H13/c1-3-10-8-9(2)4-7-12(10)11-5-6-11/h4,7-8,11H,1,5-6H2,2H3. The third-order valence-corrected chi connectivity index (χ3v) is 2.42. The molecule has 1 aliphatic carbocycles. The van der Waals surface area contributed by atoms with Crippen molar-refractivity contribution in [2.45, 2.75) is 25.7 Å². The largest absolute Gasteiger partial charge is 0.0905 e. The van der Waals surface area contributed by atoms with Gasteiger partial charge >= 0.3 is 0 Å². The van der Waals surface area contributed by atoms with Crippen molar-refractivity contribution in [1.29, 1.82) is 0 Å². The monoisotopic (exact) mass is 157 g/mol. The maximum absolute atomic E-state index is 3.72. The molecule has 1 fully saturated rings. The summed E-state index contributed by atoms with van der Waals surface area (Å²) in [4.78, 5) is 0. The van der Waals surface area contributed by atoms with Gasteiger partial charge < -0.3 is 0 Å². The summed E-state index contributed by atoms with van der Waals surface area (Å²) in [7, 11) is 0. The van der Waals surface area contributed by atoms with Gasteiger partial charge in [0.25, 0.3) is 0 Å². The van der Waals surface area contributed by atoms with Gasteiger partial charge in [-0.25, -0.2) is 0 Å². The summed E-state index contributed by atoms with van der Waals surface area (Å²) in [6.07, 6.45) is 5.70. The number of aryl methyl sites for hydroxylation is 1. The van der Waals surface area contributed by atoms with Crippen LogP contribution in [0.3, 0.4) is 0 Å². The molecule has 0 heteroatoms. The molecule has 0 heterocycles. The average molecular weight is 157 g/mol. The highest BCUT2D eigenvalue weighted by atomic mass is 14.3. The van der Waals surface area contributed by atoms with Gasteiger partial charge in [0, 0.05) is 0 Å². The Morgan fingerprint density at radius 1 is 1.42 bits per heavy atom. The quantitative estimate of drug-likeness (QED) is 0.618. The van der Waals surface area contributed by atoms with Crippen molar-refractivity contribution >= 4 is 0 Å². The van der Waals surface area contributed by atoms with Crippen LogP contribution in [0.1, 0.15) is 35.4 Å². The molecule has 0 atom stereocenters. The van der Waals surface area contributed by atoms with Crippen LogP contribution in [0.4, 0.5) is 0 Å². The summed E-state index contributed by atoms with van der Waals surface area (Å²) < 4.78 is 0. The van der Waals surface area contributed by atoms with Gasteiger partial charge in [0.2, 0.25) is 0 Å². The Morgan fingerprint density at radius 2 is 2.17 bits per heavy atom. The lowest BCUT2D eigenvalue weighted by molar-refractivity contribution is 1.11. The molecule has 0 nitrogen and oxygen atoms in total.